The molecule has 4 nitrogen and oxygen atoms in total. The van der Waals surface area contributed by atoms with E-state index < -0.39 is 0 Å². The standard InChI is InChI=1S/C38H24N4/c39-23-25-20-21-36-31(22-25)38-30(14-9-19-37(38)41(36)32-15-5-1-10-26(32)24-40)29-13-4-8-18-35(29)42-33-16-6-2-11-27(33)28-12-3-7-17-34(28)42/h1-2,4-11,13-22H,3,12H2. The lowest BCUT2D eigenvalue weighted by Gasteiger charge is -2.17. The Bertz CT molecular complexity index is 2330. The maximum absolute atomic E-state index is 9.99. The molecule has 0 saturated carbocycles. The normalized spacial score (nSPS) is 12.4. The second-order valence-corrected chi connectivity index (χ2v) is 10.7. The van der Waals surface area contributed by atoms with Crippen molar-refractivity contribution in [2.24, 2.45) is 0 Å². The van der Waals surface area contributed by atoms with E-state index in [1.165, 1.54) is 22.2 Å². The summed E-state index contributed by atoms with van der Waals surface area (Å²) in [7, 11) is 0. The van der Waals surface area contributed by atoms with E-state index in [0.29, 0.717) is 11.1 Å². The number of hydrogen-bond donors (Lipinski definition) is 0. The summed E-state index contributed by atoms with van der Waals surface area (Å²) >= 11 is 0. The molecule has 0 saturated heterocycles. The van der Waals surface area contributed by atoms with Crippen molar-refractivity contribution in [1.29, 1.82) is 10.5 Å². The van der Waals surface area contributed by atoms with Gasteiger partial charge in [-0.15, -0.1) is 0 Å². The summed E-state index contributed by atoms with van der Waals surface area (Å²) in [5.74, 6) is 0. The highest BCUT2D eigenvalue weighted by Gasteiger charge is 2.23. The van der Waals surface area contributed by atoms with Gasteiger partial charge in [0.15, 0.2) is 0 Å². The summed E-state index contributed by atoms with van der Waals surface area (Å²) in [4.78, 5) is 0. The highest BCUT2D eigenvalue weighted by atomic mass is 15.0. The molecule has 5 aromatic carbocycles. The van der Waals surface area contributed by atoms with Crippen molar-refractivity contribution in [2.45, 2.75) is 12.8 Å². The van der Waals surface area contributed by atoms with Crippen LogP contribution in [0.25, 0.3) is 61.3 Å². The summed E-state index contributed by atoms with van der Waals surface area (Å²) < 4.78 is 4.56. The number of aryl methyl sites for hydroxylation is 1. The Hall–Kier alpha value is -5.84. The molecule has 0 spiro atoms. The number of para-hydroxylation sites is 3. The Morgan fingerprint density at radius 1 is 0.595 bits per heavy atom. The zero-order chi connectivity index (χ0) is 28.2. The molecule has 0 unspecified atom stereocenters. The van der Waals surface area contributed by atoms with Crippen LogP contribution in [0.2, 0.25) is 0 Å². The first kappa shape index (κ1) is 24.0. The lowest BCUT2D eigenvalue weighted by Crippen LogP contribution is -2.02. The fraction of sp³-hybridized carbons (Fsp3) is 0.0526. The van der Waals surface area contributed by atoms with Crippen molar-refractivity contribution < 1.29 is 0 Å². The van der Waals surface area contributed by atoms with Gasteiger partial charge in [0.25, 0.3) is 0 Å². The third-order valence-electron chi connectivity index (χ3n) is 8.48. The number of allylic oxidation sites excluding steroid dienone is 1. The lowest BCUT2D eigenvalue weighted by atomic mass is 9.97. The van der Waals surface area contributed by atoms with Crippen molar-refractivity contribution >= 4 is 38.8 Å². The SMILES string of the molecule is N#Cc1ccc2c(c1)c1c(-c3ccccc3-n3c4c(c5ccccc53)CCC=C4)cccc1n2-c1ccccc1C#N. The third kappa shape index (κ3) is 3.40. The molecule has 4 heteroatoms. The molecule has 0 N–H and O–H groups in total. The van der Waals surface area contributed by atoms with Crippen LogP contribution in [0.3, 0.4) is 0 Å². The molecule has 0 amide bonds. The summed E-state index contributed by atoms with van der Waals surface area (Å²) in [6.07, 6.45) is 6.61. The smallest absolute Gasteiger partial charge is 0.101 e. The zero-order valence-corrected chi connectivity index (χ0v) is 22.8. The number of aromatic nitrogens is 2. The summed E-state index contributed by atoms with van der Waals surface area (Å²) in [5.41, 5.74) is 11.1. The van der Waals surface area contributed by atoms with Crippen LogP contribution in [0, 0.1) is 22.7 Å². The summed E-state index contributed by atoms with van der Waals surface area (Å²) in [6, 6.07) is 41.9. The fourth-order valence-electron chi connectivity index (χ4n) is 6.73. The van der Waals surface area contributed by atoms with Gasteiger partial charge in [0.2, 0.25) is 0 Å². The van der Waals surface area contributed by atoms with Crippen LogP contribution in [0.4, 0.5) is 0 Å². The third-order valence-corrected chi connectivity index (χ3v) is 8.48. The quantitative estimate of drug-likeness (QED) is 0.226. The minimum absolute atomic E-state index is 0.601. The first-order chi connectivity index (χ1) is 20.8. The van der Waals surface area contributed by atoms with E-state index in [1.54, 1.807) is 0 Å². The molecule has 0 radical (unpaired) electrons. The van der Waals surface area contributed by atoms with Crippen molar-refractivity contribution in [1.82, 2.24) is 9.13 Å². The Labute approximate surface area is 243 Å². The molecule has 0 aliphatic heterocycles. The van der Waals surface area contributed by atoms with Crippen LogP contribution in [0.15, 0.2) is 115 Å². The molecular weight excluding hydrogens is 512 g/mol. The molecular formula is C38H24N4. The first-order valence-corrected chi connectivity index (χ1v) is 14.1. The molecule has 1 aliphatic rings. The van der Waals surface area contributed by atoms with Gasteiger partial charge in [-0.25, -0.2) is 0 Å². The molecule has 0 fully saturated rings. The predicted octanol–water partition coefficient (Wildman–Crippen LogP) is 9.10. The van der Waals surface area contributed by atoms with Crippen LogP contribution >= 0.6 is 0 Å². The average Bonchev–Trinajstić information content (AvgIpc) is 3.57. The van der Waals surface area contributed by atoms with Crippen LogP contribution in [0.5, 0.6) is 0 Å². The van der Waals surface area contributed by atoms with Gasteiger partial charge in [0.05, 0.1) is 45.1 Å². The van der Waals surface area contributed by atoms with E-state index in [9.17, 15) is 10.5 Å². The molecule has 7 aromatic rings. The maximum Gasteiger partial charge on any atom is 0.101 e. The first-order valence-electron chi connectivity index (χ1n) is 14.1. The number of rotatable bonds is 3. The largest absolute Gasteiger partial charge is 0.309 e. The molecule has 8 rings (SSSR count). The highest BCUT2D eigenvalue weighted by Crippen LogP contribution is 2.43. The van der Waals surface area contributed by atoms with E-state index in [0.717, 1.165) is 57.1 Å². The topological polar surface area (TPSA) is 57.4 Å². The van der Waals surface area contributed by atoms with E-state index in [4.69, 9.17) is 0 Å². The number of nitrogens with zero attached hydrogens (tertiary/aromatic N) is 4. The number of hydrogen-bond acceptors (Lipinski definition) is 2. The molecule has 0 bridgehead atoms. The van der Waals surface area contributed by atoms with Crippen molar-refractivity contribution in [3.8, 4) is 34.6 Å². The van der Waals surface area contributed by atoms with Crippen molar-refractivity contribution in [3.63, 3.8) is 0 Å². The van der Waals surface area contributed by atoms with Gasteiger partial charge < -0.3 is 9.13 Å². The molecule has 42 heavy (non-hydrogen) atoms. The number of nitriles is 2. The van der Waals surface area contributed by atoms with Crippen LogP contribution < -0.4 is 0 Å². The van der Waals surface area contributed by atoms with Crippen LogP contribution in [-0.2, 0) is 6.42 Å². The van der Waals surface area contributed by atoms with Crippen molar-refractivity contribution in [2.75, 3.05) is 0 Å². The predicted molar refractivity (Wildman–Crippen MR) is 170 cm³/mol. The van der Waals surface area contributed by atoms with Gasteiger partial charge in [-0.1, -0.05) is 66.7 Å². The van der Waals surface area contributed by atoms with E-state index in [2.05, 4.69) is 100 Å². The van der Waals surface area contributed by atoms with Gasteiger partial charge >= 0.3 is 0 Å². The van der Waals surface area contributed by atoms with Gasteiger partial charge in [0.1, 0.15) is 6.07 Å². The monoisotopic (exact) mass is 536 g/mol. The van der Waals surface area contributed by atoms with Gasteiger partial charge in [0, 0.05) is 27.4 Å². The molecule has 196 valence electrons. The Morgan fingerprint density at radius 2 is 1.33 bits per heavy atom. The van der Waals surface area contributed by atoms with E-state index in [-0.39, 0.29) is 0 Å². The average molecular weight is 537 g/mol. The van der Waals surface area contributed by atoms with E-state index in [1.807, 2.05) is 42.5 Å². The van der Waals surface area contributed by atoms with Gasteiger partial charge in [-0.2, -0.15) is 10.5 Å². The van der Waals surface area contributed by atoms with Gasteiger partial charge in [-0.3, -0.25) is 0 Å². The molecule has 1 aliphatic carbocycles. The molecule has 2 aromatic heterocycles. The minimum atomic E-state index is 0.601. The van der Waals surface area contributed by atoms with Crippen molar-refractivity contribution in [3.05, 3.63) is 138 Å². The Balaban J connectivity index is 1.50. The maximum atomic E-state index is 9.99. The summed E-state index contributed by atoms with van der Waals surface area (Å²) in [5, 5.41) is 23.2. The highest BCUT2D eigenvalue weighted by molar-refractivity contribution is 6.16. The summed E-state index contributed by atoms with van der Waals surface area (Å²) in [6.45, 7) is 0. The second kappa shape index (κ2) is 9.37. The van der Waals surface area contributed by atoms with Gasteiger partial charge in [-0.05, 0) is 78.6 Å². The zero-order valence-electron chi connectivity index (χ0n) is 22.8. The Kier molecular flexibility index (Phi) is 5.36. The molecule has 2 heterocycles. The van der Waals surface area contributed by atoms with E-state index >= 15 is 0 Å². The number of benzene rings is 5. The number of fused-ring (bicyclic) bond motifs is 6. The minimum Gasteiger partial charge on any atom is -0.309 e. The van der Waals surface area contributed by atoms with Crippen LogP contribution in [-0.4, -0.2) is 9.13 Å². The fourth-order valence-corrected chi connectivity index (χ4v) is 6.73. The second-order valence-electron chi connectivity index (χ2n) is 10.7. The lowest BCUT2D eigenvalue weighted by molar-refractivity contribution is 0.968. The Morgan fingerprint density at radius 3 is 2.21 bits per heavy atom. The van der Waals surface area contributed by atoms with Crippen LogP contribution in [0.1, 0.15) is 28.8 Å². The molecule has 0 atom stereocenters.